The molecule has 0 saturated carbocycles. The van der Waals surface area contributed by atoms with Crippen molar-refractivity contribution < 1.29 is 14.3 Å². The summed E-state index contributed by atoms with van der Waals surface area (Å²) in [5.74, 6) is 0.774. The van der Waals surface area contributed by atoms with Crippen LogP contribution in [0.3, 0.4) is 0 Å². The lowest BCUT2D eigenvalue weighted by molar-refractivity contribution is -0.0696. The lowest BCUT2D eigenvalue weighted by Crippen LogP contribution is -2.33. The van der Waals surface area contributed by atoms with Crippen LogP contribution in [0.15, 0.2) is 67.1 Å². The predicted octanol–water partition coefficient (Wildman–Crippen LogP) is 4.04. The summed E-state index contributed by atoms with van der Waals surface area (Å²) in [6.45, 7) is 3.91. The van der Waals surface area contributed by atoms with Crippen LogP contribution in [0.4, 0.5) is 5.82 Å². The second-order valence-electron chi connectivity index (χ2n) is 9.43. The standard InChI is InChI=1S/C28H29N7O3/c1-2-12-34-13-6-9-20(15-34)35-26-23(25(29)30-16-31-26)24(33-35)19-10-11-21-22(14-19)37-17-38-28(21)32-27(36)18-7-4-3-5-8-18/h2-5,7-8,10-12,14,16,20,28H,6,9,13,15,17H2,1H3,(H,32,36)(H2,29,30,31)/t20?,28-/m1/s1. The average Bonchev–Trinajstić information content (AvgIpc) is 3.35. The van der Waals surface area contributed by atoms with E-state index < -0.39 is 6.23 Å². The Balaban J connectivity index is 1.35. The van der Waals surface area contributed by atoms with Gasteiger partial charge in [-0.3, -0.25) is 4.79 Å². The predicted molar refractivity (Wildman–Crippen MR) is 143 cm³/mol. The third kappa shape index (κ3) is 4.43. The monoisotopic (exact) mass is 511 g/mol. The first kappa shape index (κ1) is 23.9. The summed E-state index contributed by atoms with van der Waals surface area (Å²) in [6.07, 6.45) is 7.10. The number of allylic oxidation sites excluding steroid dienone is 1. The SMILES string of the molecule is CC=CN1CCCC(n2nc(-c3ccc4c(c3)OCO[C@H]4NC(=O)c3ccccc3)c3c(N)ncnc32)C1. The van der Waals surface area contributed by atoms with E-state index in [0.717, 1.165) is 48.1 Å². The zero-order valence-corrected chi connectivity index (χ0v) is 21.1. The average molecular weight is 512 g/mol. The summed E-state index contributed by atoms with van der Waals surface area (Å²) in [4.78, 5) is 23.9. The Morgan fingerprint density at radius 2 is 2.05 bits per heavy atom. The molecule has 1 unspecified atom stereocenters. The van der Waals surface area contributed by atoms with Crippen LogP contribution >= 0.6 is 0 Å². The molecule has 4 aromatic rings. The van der Waals surface area contributed by atoms with Crippen molar-refractivity contribution in [3.8, 4) is 17.0 Å². The van der Waals surface area contributed by atoms with Gasteiger partial charge in [0.25, 0.3) is 5.91 Å². The van der Waals surface area contributed by atoms with Crippen LogP contribution in [0.2, 0.25) is 0 Å². The van der Waals surface area contributed by atoms with Crippen molar-refractivity contribution in [2.24, 2.45) is 0 Å². The molecule has 2 aromatic carbocycles. The number of nitrogens with two attached hydrogens (primary N) is 1. The molecule has 1 saturated heterocycles. The maximum atomic E-state index is 12.7. The summed E-state index contributed by atoms with van der Waals surface area (Å²) in [7, 11) is 0. The summed E-state index contributed by atoms with van der Waals surface area (Å²) in [5, 5.41) is 8.68. The fourth-order valence-electron chi connectivity index (χ4n) is 5.17. The molecule has 0 bridgehead atoms. The number of carbonyl (C=O) groups excluding carboxylic acids is 1. The van der Waals surface area contributed by atoms with Crippen molar-refractivity contribution in [3.05, 3.63) is 78.3 Å². The summed E-state index contributed by atoms with van der Waals surface area (Å²) < 4.78 is 13.5. The number of piperidine rings is 1. The largest absolute Gasteiger partial charge is 0.467 e. The molecule has 2 atom stereocenters. The minimum absolute atomic E-state index is 0.0134. The number of nitrogen functional groups attached to an aromatic ring is 1. The quantitative estimate of drug-likeness (QED) is 0.412. The molecule has 2 aliphatic heterocycles. The number of nitrogens with one attached hydrogen (secondary N) is 1. The van der Waals surface area contributed by atoms with Crippen LogP contribution in [0.1, 0.15) is 48.0 Å². The maximum Gasteiger partial charge on any atom is 0.253 e. The highest BCUT2D eigenvalue weighted by Crippen LogP contribution is 2.38. The minimum Gasteiger partial charge on any atom is -0.467 e. The van der Waals surface area contributed by atoms with Gasteiger partial charge in [-0.2, -0.15) is 5.10 Å². The molecule has 4 heterocycles. The number of benzene rings is 2. The minimum atomic E-state index is -0.636. The molecular formula is C28H29N7O3. The molecule has 2 aromatic heterocycles. The molecule has 10 nitrogen and oxygen atoms in total. The smallest absolute Gasteiger partial charge is 0.253 e. The topological polar surface area (TPSA) is 120 Å². The fraction of sp³-hybridized carbons (Fsp3) is 0.286. The van der Waals surface area contributed by atoms with Crippen LogP contribution in [-0.4, -0.2) is 50.4 Å². The van der Waals surface area contributed by atoms with E-state index in [1.165, 1.54) is 6.33 Å². The Morgan fingerprint density at radius 1 is 1.18 bits per heavy atom. The molecule has 1 amide bonds. The van der Waals surface area contributed by atoms with Crippen molar-refractivity contribution >= 4 is 22.8 Å². The van der Waals surface area contributed by atoms with Crippen molar-refractivity contribution in [2.75, 3.05) is 25.6 Å². The van der Waals surface area contributed by atoms with Crippen LogP contribution in [0.25, 0.3) is 22.3 Å². The Kier molecular flexibility index (Phi) is 6.38. The van der Waals surface area contributed by atoms with Gasteiger partial charge >= 0.3 is 0 Å². The molecule has 0 aliphatic carbocycles. The number of rotatable bonds is 5. The van der Waals surface area contributed by atoms with Crippen molar-refractivity contribution in [1.29, 1.82) is 0 Å². The lowest BCUT2D eigenvalue weighted by atomic mass is 10.0. The second kappa shape index (κ2) is 10.1. The molecule has 194 valence electrons. The Morgan fingerprint density at radius 3 is 2.89 bits per heavy atom. The Labute approximate surface area is 220 Å². The molecule has 6 rings (SSSR count). The van der Waals surface area contributed by atoms with Gasteiger partial charge in [-0.25, -0.2) is 14.6 Å². The molecule has 0 spiro atoms. The highest BCUT2D eigenvalue weighted by molar-refractivity contribution is 5.98. The van der Waals surface area contributed by atoms with Crippen molar-refractivity contribution in [1.82, 2.24) is 30.0 Å². The number of hydrogen-bond acceptors (Lipinski definition) is 8. The molecule has 1 fully saturated rings. The van der Waals surface area contributed by atoms with Gasteiger partial charge in [0, 0.05) is 29.8 Å². The highest BCUT2D eigenvalue weighted by Gasteiger charge is 2.28. The molecule has 0 radical (unpaired) electrons. The third-order valence-electron chi connectivity index (χ3n) is 6.97. The molecule has 3 N–H and O–H groups in total. The number of nitrogens with zero attached hydrogens (tertiary/aromatic N) is 5. The van der Waals surface area contributed by atoms with Crippen LogP contribution in [0.5, 0.6) is 5.75 Å². The van der Waals surface area contributed by atoms with Crippen molar-refractivity contribution in [3.63, 3.8) is 0 Å². The Bertz CT molecular complexity index is 1500. The van der Waals surface area contributed by atoms with Crippen LogP contribution in [-0.2, 0) is 4.74 Å². The third-order valence-corrected chi connectivity index (χ3v) is 6.97. The zero-order valence-electron chi connectivity index (χ0n) is 21.1. The molecular weight excluding hydrogens is 482 g/mol. The van der Waals surface area contributed by atoms with Gasteiger partial charge in [-0.05, 0) is 44.2 Å². The van der Waals surface area contributed by atoms with Gasteiger partial charge in [0.2, 0.25) is 0 Å². The van der Waals surface area contributed by atoms with Crippen molar-refractivity contribution in [2.45, 2.75) is 32.0 Å². The fourth-order valence-corrected chi connectivity index (χ4v) is 5.17. The van der Waals surface area contributed by atoms with E-state index in [9.17, 15) is 4.79 Å². The van der Waals surface area contributed by atoms with E-state index in [1.54, 1.807) is 12.1 Å². The first-order chi connectivity index (χ1) is 18.6. The Hall–Kier alpha value is -4.44. The van der Waals surface area contributed by atoms with E-state index in [-0.39, 0.29) is 18.7 Å². The van der Waals surface area contributed by atoms with Gasteiger partial charge in [0.1, 0.15) is 23.6 Å². The second-order valence-corrected chi connectivity index (χ2v) is 9.43. The van der Waals surface area contributed by atoms with Gasteiger partial charge in [0.15, 0.2) is 18.7 Å². The number of amides is 1. The number of aromatic nitrogens is 4. The number of ether oxygens (including phenoxy) is 2. The van der Waals surface area contributed by atoms with E-state index >= 15 is 0 Å². The lowest BCUT2D eigenvalue weighted by Gasteiger charge is -2.32. The summed E-state index contributed by atoms with van der Waals surface area (Å²) in [5.41, 5.74) is 9.88. The number of fused-ring (bicyclic) bond motifs is 2. The normalized spacial score (nSPS) is 19.3. The maximum absolute atomic E-state index is 12.7. The van der Waals surface area contributed by atoms with Gasteiger partial charge in [-0.15, -0.1) is 0 Å². The van der Waals surface area contributed by atoms with Gasteiger partial charge < -0.3 is 25.4 Å². The molecule has 38 heavy (non-hydrogen) atoms. The zero-order chi connectivity index (χ0) is 26.1. The van der Waals surface area contributed by atoms with E-state index in [2.05, 4.69) is 32.5 Å². The number of likely N-dealkylation sites (tertiary alicyclic amines) is 1. The van der Waals surface area contributed by atoms with Crippen LogP contribution in [0, 0.1) is 0 Å². The van der Waals surface area contributed by atoms with E-state index in [0.29, 0.717) is 22.8 Å². The first-order valence-electron chi connectivity index (χ1n) is 12.7. The summed E-state index contributed by atoms with van der Waals surface area (Å²) >= 11 is 0. The molecule has 2 aliphatic rings. The number of anilines is 1. The molecule has 10 heteroatoms. The summed E-state index contributed by atoms with van der Waals surface area (Å²) in [6, 6.07) is 14.9. The van der Waals surface area contributed by atoms with E-state index in [1.807, 2.05) is 48.0 Å². The number of carbonyl (C=O) groups is 1. The van der Waals surface area contributed by atoms with Gasteiger partial charge in [-0.1, -0.05) is 36.4 Å². The van der Waals surface area contributed by atoms with Gasteiger partial charge in [0.05, 0.1) is 11.4 Å². The highest BCUT2D eigenvalue weighted by atomic mass is 16.7. The van der Waals surface area contributed by atoms with E-state index in [4.69, 9.17) is 20.3 Å². The number of hydrogen-bond donors (Lipinski definition) is 2. The first-order valence-corrected chi connectivity index (χ1v) is 12.7. The van der Waals surface area contributed by atoms with Crippen LogP contribution < -0.4 is 15.8 Å².